The lowest BCUT2D eigenvalue weighted by Crippen LogP contribution is -2.31. The van der Waals surface area contributed by atoms with Crippen LogP contribution in [0.5, 0.6) is 5.75 Å². The van der Waals surface area contributed by atoms with E-state index in [1.807, 2.05) is 0 Å². The predicted octanol–water partition coefficient (Wildman–Crippen LogP) is 5.10. The highest BCUT2D eigenvalue weighted by molar-refractivity contribution is 5.41. The number of rotatable bonds is 5. The highest BCUT2D eigenvalue weighted by Gasteiger charge is 2.25. The molecule has 0 fully saturated rings. The Labute approximate surface area is 155 Å². The van der Waals surface area contributed by atoms with E-state index in [4.69, 9.17) is 4.74 Å². The summed E-state index contributed by atoms with van der Waals surface area (Å²) in [5, 5.41) is 3.74. The van der Waals surface area contributed by atoms with Crippen molar-refractivity contribution in [2.75, 3.05) is 13.7 Å². The molecule has 26 heavy (non-hydrogen) atoms. The van der Waals surface area contributed by atoms with Gasteiger partial charge in [0.25, 0.3) is 0 Å². The first-order valence-electron chi connectivity index (χ1n) is 9.35. The van der Waals surface area contributed by atoms with Crippen molar-refractivity contribution < 1.29 is 4.74 Å². The summed E-state index contributed by atoms with van der Waals surface area (Å²) in [6.45, 7) is 1.03. The summed E-state index contributed by atoms with van der Waals surface area (Å²) in [4.78, 5) is 0. The van der Waals surface area contributed by atoms with Crippen LogP contribution in [0.1, 0.15) is 40.6 Å². The van der Waals surface area contributed by atoms with Crippen molar-refractivity contribution in [3.8, 4) is 5.75 Å². The molecule has 2 nitrogen and oxygen atoms in total. The second-order valence-electron chi connectivity index (χ2n) is 6.93. The maximum absolute atomic E-state index is 5.48. The van der Waals surface area contributed by atoms with E-state index in [0.29, 0.717) is 12.0 Å². The molecule has 1 N–H and O–H groups in total. The van der Waals surface area contributed by atoms with Gasteiger partial charge in [-0.15, -0.1) is 0 Å². The Balaban J connectivity index is 1.69. The molecule has 0 bridgehead atoms. The molecule has 1 aliphatic heterocycles. The topological polar surface area (TPSA) is 21.3 Å². The minimum atomic E-state index is 0.333. The van der Waals surface area contributed by atoms with Gasteiger partial charge in [-0.1, -0.05) is 66.7 Å². The molecule has 0 saturated carbocycles. The summed E-state index contributed by atoms with van der Waals surface area (Å²) in [7, 11) is 1.74. The molecular formula is C24H25NO. The van der Waals surface area contributed by atoms with Crippen molar-refractivity contribution in [3.05, 3.63) is 101 Å². The van der Waals surface area contributed by atoms with Crippen molar-refractivity contribution in [1.82, 2.24) is 5.32 Å². The van der Waals surface area contributed by atoms with Crippen molar-refractivity contribution >= 4 is 0 Å². The second-order valence-corrected chi connectivity index (χ2v) is 6.93. The zero-order chi connectivity index (χ0) is 17.8. The van der Waals surface area contributed by atoms with Crippen LogP contribution in [0, 0.1) is 0 Å². The maximum Gasteiger partial charge on any atom is 0.119 e. The fourth-order valence-electron chi connectivity index (χ4n) is 4.02. The number of hydrogen-bond acceptors (Lipinski definition) is 2. The number of ether oxygens (including phenoxy) is 1. The normalized spacial score (nSPS) is 16.3. The van der Waals surface area contributed by atoms with Gasteiger partial charge in [0.15, 0.2) is 0 Å². The molecule has 0 radical (unpaired) electrons. The summed E-state index contributed by atoms with van der Waals surface area (Å²) in [6.07, 6.45) is 2.12. The number of hydrogen-bond donors (Lipinski definition) is 1. The number of fused-ring (bicyclic) bond motifs is 1. The van der Waals surface area contributed by atoms with E-state index in [-0.39, 0.29) is 0 Å². The smallest absolute Gasteiger partial charge is 0.119 e. The van der Waals surface area contributed by atoms with Crippen molar-refractivity contribution in [2.24, 2.45) is 0 Å². The number of nitrogens with one attached hydrogen (secondary N) is 1. The zero-order valence-electron chi connectivity index (χ0n) is 15.2. The molecule has 1 atom stereocenters. The van der Waals surface area contributed by atoms with Crippen molar-refractivity contribution in [2.45, 2.75) is 24.8 Å². The van der Waals surface area contributed by atoms with Crippen molar-refractivity contribution in [3.63, 3.8) is 0 Å². The fourth-order valence-corrected chi connectivity index (χ4v) is 4.02. The second kappa shape index (κ2) is 7.76. The van der Waals surface area contributed by atoms with Gasteiger partial charge >= 0.3 is 0 Å². The van der Waals surface area contributed by atoms with Gasteiger partial charge in [-0.3, -0.25) is 0 Å². The van der Waals surface area contributed by atoms with E-state index in [1.54, 1.807) is 7.11 Å². The van der Waals surface area contributed by atoms with Crippen LogP contribution in [0.25, 0.3) is 0 Å². The molecule has 4 rings (SSSR count). The SMILES string of the molecule is COc1ccc2c(c1)C(CC(c1ccccc1)c1ccccc1)NCC2. The third-order valence-electron chi connectivity index (χ3n) is 5.39. The Bertz CT molecular complexity index is 805. The van der Waals surface area contributed by atoms with Crippen LogP contribution in [0.15, 0.2) is 78.9 Å². The van der Waals surface area contributed by atoms with Gasteiger partial charge in [0, 0.05) is 12.0 Å². The minimum absolute atomic E-state index is 0.333. The van der Waals surface area contributed by atoms with Crippen LogP contribution in [0.2, 0.25) is 0 Å². The molecule has 132 valence electrons. The van der Waals surface area contributed by atoms with Crippen LogP contribution in [0.3, 0.4) is 0 Å². The quantitative estimate of drug-likeness (QED) is 0.695. The first-order chi connectivity index (χ1) is 12.8. The third kappa shape index (κ3) is 3.51. The molecule has 3 aromatic carbocycles. The lowest BCUT2D eigenvalue weighted by molar-refractivity contribution is 0.408. The summed E-state index contributed by atoms with van der Waals surface area (Å²) < 4.78 is 5.48. The summed E-state index contributed by atoms with van der Waals surface area (Å²) in [5.74, 6) is 1.31. The van der Waals surface area contributed by atoms with Gasteiger partial charge in [0.1, 0.15) is 5.75 Å². The van der Waals surface area contributed by atoms with Gasteiger partial charge in [-0.2, -0.15) is 0 Å². The van der Waals surface area contributed by atoms with Gasteiger partial charge in [0.2, 0.25) is 0 Å². The zero-order valence-corrected chi connectivity index (χ0v) is 15.2. The third-order valence-corrected chi connectivity index (χ3v) is 5.39. The van der Waals surface area contributed by atoms with E-state index in [9.17, 15) is 0 Å². The molecule has 0 aromatic heterocycles. The largest absolute Gasteiger partial charge is 0.497 e. The van der Waals surface area contributed by atoms with E-state index >= 15 is 0 Å². The molecule has 1 heterocycles. The predicted molar refractivity (Wildman–Crippen MR) is 107 cm³/mol. The Morgan fingerprint density at radius 1 is 0.923 bits per heavy atom. The highest BCUT2D eigenvalue weighted by Crippen LogP contribution is 2.37. The van der Waals surface area contributed by atoms with Gasteiger partial charge in [-0.05, 0) is 53.8 Å². The molecule has 0 saturated heterocycles. The van der Waals surface area contributed by atoms with E-state index in [2.05, 4.69) is 84.2 Å². The molecule has 3 aromatic rings. The van der Waals surface area contributed by atoms with Crippen molar-refractivity contribution in [1.29, 1.82) is 0 Å². The summed E-state index contributed by atoms with van der Waals surface area (Å²) in [5.41, 5.74) is 5.56. The van der Waals surface area contributed by atoms with Gasteiger partial charge < -0.3 is 10.1 Å². The first kappa shape index (κ1) is 16.9. The van der Waals surface area contributed by atoms with Gasteiger partial charge in [0.05, 0.1) is 7.11 Å². The lowest BCUT2D eigenvalue weighted by Gasteiger charge is -2.31. The minimum Gasteiger partial charge on any atom is -0.497 e. The Morgan fingerprint density at radius 3 is 2.19 bits per heavy atom. The molecule has 0 amide bonds. The molecule has 1 aliphatic rings. The van der Waals surface area contributed by atoms with Crippen LogP contribution < -0.4 is 10.1 Å². The molecule has 0 spiro atoms. The lowest BCUT2D eigenvalue weighted by atomic mass is 9.82. The van der Waals surface area contributed by atoms with E-state index in [0.717, 1.165) is 25.1 Å². The van der Waals surface area contributed by atoms with E-state index in [1.165, 1.54) is 22.3 Å². The molecule has 2 heteroatoms. The van der Waals surface area contributed by atoms with Crippen LogP contribution in [-0.2, 0) is 6.42 Å². The highest BCUT2D eigenvalue weighted by atomic mass is 16.5. The van der Waals surface area contributed by atoms with Gasteiger partial charge in [-0.25, -0.2) is 0 Å². The molecule has 1 unspecified atom stereocenters. The fraction of sp³-hybridized carbons (Fsp3) is 0.250. The van der Waals surface area contributed by atoms with E-state index < -0.39 is 0 Å². The number of methoxy groups -OCH3 is 1. The average Bonchev–Trinajstić information content (AvgIpc) is 2.73. The number of benzene rings is 3. The van der Waals surface area contributed by atoms with Crippen LogP contribution in [0.4, 0.5) is 0 Å². The monoisotopic (exact) mass is 343 g/mol. The Kier molecular flexibility index (Phi) is 5.03. The first-order valence-corrected chi connectivity index (χ1v) is 9.35. The van der Waals surface area contributed by atoms with Crippen LogP contribution in [-0.4, -0.2) is 13.7 Å². The Hall–Kier alpha value is -2.58. The standard InChI is InChI=1S/C24H25NO/c1-26-21-13-12-20-14-15-25-24(23(20)16-21)17-22(18-8-4-2-5-9-18)19-10-6-3-7-11-19/h2-13,16,22,24-25H,14-15,17H2,1H3. The maximum atomic E-state index is 5.48. The average molecular weight is 343 g/mol. The van der Waals surface area contributed by atoms with Crippen LogP contribution >= 0.6 is 0 Å². The molecular weight excluding hydrogens is 318 g/mol. The molecule has 0 aliphatic carbocycles. The summed E-state index contributed by atoms with van der Waals surface area (Å²) >= 11 is 0. The summed E-state index contributed by atoms with van der Waals surface area (Å²) in [6, 6.07) is 28.5. The Morgan fingerprint density at radius 2 is 1.58 bits per heavy atom.